The fourth-order valence-corrected chi connectivity index (χ4v) is 1.93. The number of hydrogen-bond donors (Lipinski definition) is 2. The van der Waals surface area contributed by atoms with Gasteiger partial charge < -0.3 is 20.7 Å². The van der Waals surface area contributed by atoms with Crippen LogP contribution in [0.3, 0.4) is 0 Å². The number of rotatable bonds is 11. The molecule has 1 rings (SSSR count). The van der Waals surface area contributed by atoms with Crippen LogP contribution in [0.15, 0.2) is 0 Å². The van der Waals surface area contributed by atoms with Crippen LogP contribution in [-0.2, 0) is 9.53 Å². The summed E-state index contributed by atoms with van der Waals surface area (Å²) in [5, 5.41) is 3.19. The highest BCUT2D eigenvalue weighted by atomic mass is 16.5. The van der Waals surface area contributed by atoms with Crippen LogP contribution < -0.4 is 11.1 Å². The molecule has 1 saturated carbocycles. The summed E-state index contributed by atoms with van der Waals surface area (Å²) in [6.07, 6.45) is 3.40. The summed E-state index contributed by atoms with van der Waals surface area (Å²) in [5.41, 5.74) is 5.39. The molecule has 1 aliphatic carbocycles. The van der Waals surface area contributed by atoms with Gasteiger partial charge in [0.25, 0.3) is 0 Å². The molecule has 0 spiro atoms. The smallest absolute Gasteiger partial charge is 0.234 e. The van der Waals surface area contributed by atoms with Gasteiger partial charge in [-0.25, -0.2) is 0 Å². The fraction of sp³-hybridized carbons (Fsp3) is 0.929. The van der Waals surface area contributed by atoms with Gasteiger partial charge in [0.15, 0.2) is 0 Å². The van der Waals surface area contributed by atoms with Crippen LogP contribution in [-0.4, -0.2) is 56.2 Å². The summed E-state index contributed by atoms with van der Waals surface area (Å²) in [5.74, 6) is 0.548. The fourth-order valence-electron chi connectivity index (χ4n) is 1.93. The third kappa shape index (κ3) is 8.18. The highest BCUT2D eigenvalue weighted by molar-refractivity contribution is 5.79. The highest BCUT2D eigenvalue weighted by Gasteiger charge is 2.21. The largest absolute Gasteiger partial charge is 0.380 e. The summed E-state index contributed by atoms with van der Waals surface area (Å²) in [7, 11) is 2.05. The molecule has 1 fully saturated rings. The van der Waals surface area contributed by atoms with E-state index in [1.54, 1.807) is 0 Å². The minimum absolute atomic E-state index is 0.241. The lowest BCUT2D eigenvalue weighted by Gasteiger charge is -2.22. The number of ether oxygens (including phenoxy) is 1. The van der Waals surface area contributed by atoms with Crippen molar-refractivity contribution in [2.45, 2.75) is 45.2 Å². The van der Waals surface area contributed by atoms with Gasteiger partial charge in [0.05, 0.1) is 12.6 Å². The number of amides is 1. The Morgan fingerprint density at radius 2 is 2.11 bits per heavy atom. The molecule has 0 aromatic rings. The number of nitrogens with zero attached hydrogens (tertiary/aromatic N) is 1. The van der Waals surface area contributed by atoms with Crippen LogP contribution in [0.25, 0.3) is 0 Å². The van der Waals surface area contributed by atoms with Crippen LogP contribution in [0.1, 0.15) is 33.1 Å². The molecule has 3 N–H and O–H groups in total. The first-order chi connectivity index (χ1) is 8.99. The van der Waals surface area contributed by atoms with E-state index in [-0.39, 0.29) is 18.0 Å². The summed E-state index contributed by atoms with van der Waals surface area (Å²) in [6.45, 7) is 7.47. The first-order valence-electron chi connectivity index (χ1n) is 7.30. The first-order valence-corrected chi connectivity index (χ1v) is 7.30. The van der Waals surface area contributed by atoms with Crippen molar-refractivity contribution in [2.75, 3.05) is 33.4 Å². The molecule has 19 heavy (non-hydrogen) atoms. The molecule has 0 saturated heterocycles. The zero-order valence-corrected chi connectivity index (χ0v) is 12.5. The Bertz CT molecular complexity index is 267. The van der Waals surface area contributed by atoms with Crippen LogP contribution in [0.2, 0.25) is 0 Å². The second-order valence-electron chi connectivity index (χ2n) is 5.89. The number of carbonyl (C=O) groups excluding carboxylic acids is 1. The molecule has 5 heteroatoms. The van der Waals surface area contributed by atoms with E-state index in [9.17, 15) is 4.79 Å². The van der Waals surface area contributed by atoms with Crippen molar-refractivity contribution < 1.29 is 9.53 Å². The molecule has 0 radical (unpaired) electrons. The van der Waals surface area contributed by atoms with E-state index in [0.29, 0.717) is 0 Å². The summed E-state index contributed by atoms with van der Waals surface area (Å²) in [6, 6.07) is 0.0273. The molecular weight excluding hydrogens is 242 g/mol. The summed E-state index contributed by atoms with van der Waals surface area (Å²) >= 11 is 0. The van der Waals surface area contributed by atoms with Gasteiger partial charge in [-0.15, -0.1) is 0 Å². The van der Waals surface area contributed by atoms with Crippen LogP contribution >= 0.6 is 0 Å². The van der Waals surface area contributed by atoms with Gasteiger partial charge in [-0.05, 0) is 38.8 Å². The van der Waals surface area contributed by atoms with Gasteiger partial charge >= 0.3 is 0 Å². The van der Waals surface area contributed by atoms with Crippen molar-refractivity contribution in [1.29, 1.82) is 0 Å². The minimum Gasteiger partial charge on any atom is -0.380 e. The second kappa shape index (κ2) is 8.51. The number of nitrogens with two attached hydrogens (primary N) is 1. The van der Waals surface area contributed by atoms with E-state index in [2.05, 4.69) is 10.2 Å². The first kappa shape index (κ1) is 16.4. The molecule has 112 valence electrons. The Morgan fingerprint density at radius 1 is 1.42 bits per heavy atom. The maximum Gasteiger partial charge on any atom is 0.234 e. The lowest BCUT2D eigenvalue weighted by molar-refractivity contribution is -0.120. The van der Waals surface area contributed by atoms with Crippen molar-refractivity contribution in [3.63, 3.8) is 0 Å². The summed E-state index contributed by atoms with van der Waals surface area (Å²) < 4.78 is 5.60. The Morgan fingerprint density at radius 3 is 2.63 bits per heavy atom. The van der Waals surface area contributed by atoms with E-state index in [1.165, 1.54) is 12.8 Å². The highest BCUT2D eigenvalue weighted by Crippen LogP contribution is 2.28. The molecule has 1 aliphatic rings. The molecule has 1 amide bonds. The molecule has 0 bridgehead atoms. The van der Waals surface area contributed by atoms with Crippen LogP contribution in [0.4, 0.5) is 0 Å². The normalized spacial score (nSPS) is 17.1. The third-order valence-electron chi connectivity index (χ3n) is 3.35. The Labute approximate surface area is 116 Å². The van der Waals surface area contributed by atoms with Gasteiger partial charge in [0, 0.05) is 19.2 Å². The quantitative estimate of drug-likeness (QED) is 0.540. The predicted molar refractivity (Wildman–Crippen MR) is 76.9 cm³/mol. The van der Waals surface area contributed by atoms with E-state index in [0.717, 1.165) is 38.6 Å². The number of nitrogens with one attached hydrogen (secondary N) is 1. The van der Waals surface area contributed by atoms with Crippen molar-refractivity contribution in [3.05, 3.63) is 0 Å². The second-order valence-corrected chi connectivity index (χ2v) is 5.89. The van der Waals surface area contributed by atoms with E-state index in [4.69, 9.17) is 10.5 Å². The van der Waals surface area contributed by atoms with Crippen molar-refractivity contribution in [1.82, 2.24) is 10.2 Å². The molecule has 0 aromatic carbocycles. The van der Waals surface area contributed by atoms with E-state index in [1.807, 2.05) is 20.9 Å². The lowest BCUT2D eigenvalue weighted by Crippen LogP contribution is -2.46. The topological polar surface area (TPSA) is 67.6 Å². The minimum atomic E-state index is -0.271. The Hall–Kier alpha value is -0.650. The lowest BCUT2D eigenvalue weighted by atomic mass is 10.1. The van der Waals surface area contributed by atoms with Crippen LogP contribution in [0, 0.1) is 5.92 Å². The number of primary amides is 1. The standard InChI is InChI=1S/C14H29N3O2/c1-11(2)16-13(14(15)18)6-7-17(3)8-9-19-10-12-4-5-12/h11-13,16H,4-10H2,1-3H3,(H2,15,18). The van der Waals surface area contributed by atoms with Gasteiger partial charge in [-0.3, -0.25) is 4.79 Å². The van der Waals surface area contributed by atoms with Gasteiger partial charge in [0.1, 0.15) is 0 Å². The molecule has 5 nitrogen and oxygen atoms in total. The van der Waals surface area contributed by atoms with E-state index >= 15 is 0 Å². The zero-order chi connectivity index (χ0) is 14.3. The van der Waals surface area contributed by atoms with Crippen molar-refractivity contribution in [2.24, 2.45) is 11.7 Å². The molecule has 0 heterocycles. The maximum absolute atomic E-state index is 11.3. The van der Waals surface area contributed by atoms with Gasteiger partial charge in [0.2, 0.25) is 5.91 Å². The van der Waals surface area contributed by atoms with E-state index < -0.39 is 0 Å². The molecule has 1 atom stereocenters. The SMILES string of the molecule is CC(C)NC(CCN(C)CCOCC1CC1)C(N)=O. The monoisotopic (exact) mass is 271 g/mol. The average Bonchev–Trinajstić information content (AvgIpc) is 3.13. The van der Waals surface area contributed by atoms with Gasteiger partial charge in [-0.1, -0.05) is 13.8 Å². The maximum atomic E-state index is 11.3. The van der Waals surface area contributed by atoms with Crippen molar-refractivity contribution in [3.8, 4) is 0 Å². The average molecular weight is 271 g/mol. The molecule has 0 aromatic heterocycles. The van der Waals surface area contributed by atoms with Gasteiger partial charge in [-0.2, -0.15) is 0 Å². The number of likely N-dealkylation sites (N-methyl/N-ethyl adjacent to an activating group) is 1. The number of hydrogen-bond acceptors (Lipinski definition) is 4. The number of carbonyl (C=O) groups is 1. The third-order valence-corrected chi connectivity index (χ3v) is 3.35. The zero-order valence-electron chi connectivity index (χ0n) is 12.5. The molecule has 1 unspecified atom stereocenters. The van der Waals surface area contributed by atoms with Crippen LogP contribution in [0.5, 0.6) is 0 Å². The Balaban J connectivity index is 2.07. The molecular formula is C14H29N3O2. The Kier molecular flexibility index (Phi) is 7.34. The molecule has 0 aliphatic heterocycles. The van der Waals surface area contributed by atoms with Crippen molar-refractivity contribution >= 4 is 5.91 Å². The summed E-state index contributed by atoms with van der Waals surface area (Å²) in [4.78, 5) is 13.5. The predicted octanol–water partition coefficient (Wildman–Crippen LogP) is 0.587.